The molecule has 0 fully saturated rings. The molecule has 34 heavy (non-hydrogen) atoms. The zero-order chi connectivity index (χ0) is 23.7. The molecular formula is C23H20N6O3S2. The van der Waals surface area contributed by atoms with Gasteiger partial charge in [0.15, 0.2) is 6.10 Å². The van der Waals surface area contributed by atoms with Crippen molar-refractivity contribution in [2.75, 3.05) is 16.8 Å². The standard InChI is InChI=1S/C23H20N6O3S2/c1-3-20-27-28-23(34-20)26-19(30)11-29-17-10-14(7-8-18(17)32-13(2)22(29)31)16-12-33-21(25-16)15-6-4-5-9-24-15/h4-10,12-13H,3,11H2,1-2H3,(H,26,28,30). The molecule has 1 aromatic carbocycles. The van der Waals surface area contributed by atoms with Gasteiger partial charge in [-0.25, -0.2) is 4.98 Å². The van der Waals surface area contributed by atoms with Crippen molar-refractivity contribution < 1.29 is 14.3 Å². The summed E-state index contributed by atoms with van der Waals surface area (Å²) in [6.07, 6.45) is 1.77. The average Bonchev–Trinajstić information content (AvgIpc) is 3.52. The number of aryl methyl sites for hydroxylation is 1. The molecule has 0 aliphatic carbocycles. The Morgan fingerprint density at radius 1 is 1.21 bits per heavy atom. The Labute approximate surface area is 203 Å². The first-order valence-corrected chi connectivity index (χ1v) is 12.3. The first kappa shape index (κ1) is 22.1. The van der Waals surface area contributed by atoms with E-state index in [4.69, 9.17) is 9.72 Å². The van der Waals surface area contributed by atoms with Crippen molar-refractivity contribution in [1.29, 1.82) is 0 Å². The lowest BCUT2D eigenvalue weighted by molar-refractivity contribution is -0.127. The number of aromatic nitrogens is 4. The van der Waals surface area contributed by atoms with Crippen LogP contribution in [0.25, 0.3) is 22.0 Å². The summed E-state index contributed by atoms with van der Waals surface area (Å²) in [6.45, 7) is 3.47. The second-order valence-corrected chi connectivity index (χ2v) is 9.44. The molecule has 2 amide bonds. The molecule has 3 aromatic heterocycles. The number of hydrogen-bond donors (Lipinski definition) is 1. The van der Waals surface area contributed by atoms with Crippen LogP contribution in [0.5, 0.6) is 5.75 Å². The highest BCUT2D eigenvalue weighted by molar-refractivity contribution is 7.15. The Hall–Kier alpha value is -3.70. The van der Waals surface area contributed by atoms with E-state index in [1.54, 1.807) is 19.2 Å². The van der Waals surface area contributed by atoms with Gasteiger partial charge in [-0.05, 0) is 43.7 Å². The number of carbonyl (C=O) groups excluding carboxylic acids is 2. The van der Waals surface area contributed by atoms with Gasteiger partial charge >= 0.3 is 0 Å². The number of rotatable bonds is 6. The van der Waals surface area contributed by atoms with Gasteiger partial charge in [0.2, 0.25) is 11.0 Å². The number of fused-ring (bicyclic) bond motifs is 1. The Morgan fingerprint density at radius 3 is 2.85 bits per heavy atom. The number of hydrogen-bond acceptors (Lipinski definition) is 9. The SMILES string of the molecule is CCc1nnc(NC(=O)CN2C(=O)C(C)Oc3ccc(-c4csc(-c5ccccn5)n4)cc32)s1. The first-order valence-electron chi connectivity index (χ1n) is 10.6. The zero-order valence-corrected chi connectivity index (χ0v) is 20.0. The Kier molecular flexibility index (Phi) is 6.03. The van der Waals surface area contributed by atoms with Gasteiger partial charge in [0.25, 0.3) is 5.91 Å². The number of anilines is 2. The lowest BCUT2D eigenvalue weighted by Gasteiger charge is -2.32. The summed E-state index contributed by atoms with van der Waals surface area (Å²) in [5, 5.41) is 14.7. The molecule has 9 nitrogen and oxygen atoms in total. The smallest absolute Gasteiger partial charge is 0.268 e. The molecule has 0 saturated carbocycles. The Balaban J connectivity index is 1.41. The maximum Gasteiger partial charge on any atom is 0.268 e. The minimum Gasteiger partial charge on any atom is -0.479 e. The molecule has 1 aliphatic heterocycles. The number of carbonyl (C=O) groups is 2. The monoisotopic (exact) mass is 492 g/mol. The number of thiazole rings is 1. The van der Waals surface area contributed by atoms with Crippen molar-refractivity contribution in [3.05, 3.63) is 53.0 Å². The van der Waals surface area contributed by atoms with Crippen LogP contribution in [0.4, 0.5) is 10.8 Å². The average molecular weight is 493 g/mol. The molecule has 1 N–H and O–H groups in total. The number of nitrogens with one attached hydrogen (secondary N) is 1. The van der Waals surface area contributed by atoms with E-state index >= 15 is 0 Å². The summed E-state index contributed by atoms with van der Waals surface area (Å²) < 4.78 is 5.79. The highest BCUT2D eigenvalue weighted by Crippen LogP contribution is 2.38. The van der Waals surface area contributed by atoms with Crippen molar-refractivity contribution in [1.82, 2.24) is 20.2 Å². The molecule has 1 unspecified atom stereocenters. The highest BCUT2D eigenvalue weighted by atomic mass is 32.1. The fourth-order valence-electron chi connectivity index (χ4n) is 3.49. The van der Waals surface area contributed by atoms with E-state index in [1.807, 2.05) is 42.6 Å². The maximum atomic E-state index is 12.9. The third-order valence-electron chi connectivity index (χ3n) is 5.17. The molecule has 11 heteroatoms. The quantitative estimate of drug-likeness (QED) is 0.432. The van der Waals surface area contributed by atoms with Gasteiger partial charge in [0, 0.05) is 17.1 Å². The second-order valence-electron chi connectivity index (χ2n) is 7.52. The van der Waals surface area contributed by atoms with Crippen LogP contribution < -0.4 is 15.0 Å². The fraction of sp³-hybridized carbons (Fsp3) is 0.217. The number of ether oxygens (including phenoxy) is 1. The molecule has 1 atom stereocenters. The molecule has 172 valence electrons. The van der Waals surface area contributed by atoms with E-state index in [1.165, 1.54) is 27.6 Å². The third-order valence-corrected chi connectivity index (χ3v) is 7.02. The minimum absolute atomic E-state index is 0.166. The summed E-state index contributed by atoms with van der Waals surface area (Å²) in [4.78, 5) is 36.2. The van der Waals surface area contributed by atoms with Crippen LogP contribution in [0.3, 0.4) is 0 Å². The summed E-state index contributed by atoms with van der Waals surface area (Å²) in [5.74, 6) is -0.115. The van der Waals surface area contributed by atoms with Gasteiger partial charge in [-0.15, -0.1) is 21.5 Å². The lowest BCUT2D eigenvalue weighted by Crippen LogP contribution is -2.47. The van der Waals surface area contributed by atoms with Crippen molar-refractivity contribution in [2.45, 2.75) is 26.4 Å². The van der Waals surface area contributed by atoms with Gasteiger partial charge in [0.05, 0.1) is 17.1 Å². The van der Waals surface area contributed by atoms with Crippen LogP contribution in [0.2, 0.25) is 0 Å². The molecular weight excluding hydrogens is 472 g/mol. The summed E-state index contributed by atoms with van der Waals surface area (Å²) in [5.41, 5.74) is 2.88. The van der Waals surface area contributed by atoms with Crippen LogP contribution in [-0.4, -0.2) is 44.6 Å². The molecule has 4 heterocycles. The van der Waals surface area contributed by atoms with Crippen molar-refractivity contribution >= 4 is 45.3 Å². The third kappa shape index (κ3) is 4.39. The van der Waals surface area contributed by atoms with Gasteiger partial charge < -0.3 is 4.74 Å². The first-order chi connectivity index (χ1) is 16.5. The normalized spacial score (nSPS) is 15.1. The molecule has 1 aliphatic rings. The number of benzene rings is 1. The molecule has 0 spiro atoms. The van der Waals surface area contributed by atoms with E-state index in [9.17, 15) is 9.59 Å². The molecule has 4 aromatic rings. The largest absolute Gasteiger partial charge is 0.479 e. The van der Waals surface area contributed by atoms with E-state index < -0.39 is 6.10 Å². The predicted octanol–water partition coefficient (Wildman–Crippen LogP) is 4.04. The van der Waals surface area contributed by atoms with E-state index in [0.29, 0.717) is 16.6 Å². The van der Waals surface area contributed by atoms with Gasteiger partial charge in [-0.1, -0.05) is 24.3 Å². The Morgan fingerprint density at radius 2 is 2.09 bits per heavy atom. The van der Waals surface area contributed by atoms with E-state index in [0.717, 1.165) is 33.4 Å². The minimum atomic E-state index is -0.700. The summed E-state index contributed by atoms with van der Waals surface area (Å²) in [6, 6.07) is 11.2. The van der Waals surface area contributed by atoms with E-state index in [2.05, 4.69) is 20.5 Å². The molecule has 5 rings (SSSR count). The van der Waals surface area contributed by atoms with Crippen LogP contribution >= 0.6 is 22.7 Å². The van der Waals surface area contributed by atoms with Crippen LogP contribution in [0, 0.1) is 0 Å². The van der Waals surface area contributed by atoms with Gasteiger partial charge in [0.1, 0.15) is 22.3 Å². The van der Waals surface area contributed by atoms with Crippen LogP contribution in [0.1, 0.15) is 18.9 Å². The number of nitrogens with zero attached hydrogens (tertiary/aromatic N) is 5. The van der Waals surface area contributed by atoms with E-state index in [-0.39, 0.29) is 18.4 Å². The number of amides is 2. The highest BCUT2D eigenvalue weighted by Gasteiger charge is 2.33. The van der Waals surface area contributed by atoms with Gasteiger partial charge in [-0.2, -0.15) is 0 Å². The maximum absolute atomic E-state index is 12.9. The predicted molar refractivity (Wildman–Crippen MR) is 131 cm³/mol. The second kappa shape index (κ2) is 9.27. The van der Waals surface area contributed by atoms with Crippen molar-refractivity contribution in [3.63, 3.8) is 0 Å². The number of pyridine rings is 1. The lowest BCUT2D eigenvalue weighted by atomic mass is 10.1. The summed E-state index contributed by atoms with van der Waals surface area (Å²) >= 11 is 2.81. The van der Waals surface area contributed by atoms with Crippen molar-refractivity contribution in [2.24, 2.45) is 0 Å². The summed E-state index contributed by atoms with van der Waals surface area (Å²) in [7, 11) is 0. The van der Waals surface area contributed by atoms with Gasteiger partial charge in [-0.3, -0.25) is 24.8 Å². The molecule has 0 bridgehead atoms. The topological polar surface area (TPSA) is 110 Å². The fourth-order valence-corrected chi connectivity index (χ4v) is 4.99. The van der Waals surface area contributed by atoms with Crippen LogP contribution in [-0.2, 0) is 16.0 Å². The Bertz CT molecular complexity index is 1350. The molecule has 0 saturated heterocycles. The van der Waals surface area contributed by atoms with Crippen LogP contribution in [0.15, 0.2) is 48.0 Å². The van der Waals surface area contributed by atoms with Crippen molar-refractivity contribution in [3.8, 4) is 27.7 Å². The molecule has 0 radical (unpaired) electrons. The zero-order valence-electron chi connectivity index (χ0n) is 18.4.